The number of nitrogens with two attached hydrogens (primary N) is 1. The summed E-state index contributed by atoms with van der Waals surface area (Å²) in [6, 6.07) is 13.1. The van der Waals surface area contributed by atoms with E-state index in [-0.39, 0.29) is 51.9 Å². The molecule has 0 saturated carbocycles. The summed E-state index contributed by atoms with van der Waals surface area (Å²) < 4.78 is 28.0. The number of rotatable bonds is 6. The van der Waals surface area contributed by atoms with E-state index in [9.17, 15) is 18.0 Å². The van der Waals surface area contributed by atoms with Gasteiger partial charge in [-0.3, -0.25) is 9.59 Å². The van der Waals surface area contributed by atoms with Gasteiger partial charge in [-0.1, -0.05) is 53.0 Å². The zero-order chi connectivity index (χ0) is 25.3. The first-order valence-electron chi connectivity index (χ1n) is 10.5. The smallest absolute Gasteiger partial charge is 0.256 e. The van der Waals surface area contributed by atoms with Crippen molar-refractivity contribution in [1.29, 1.82) is 0 Å². The van der Waals surface area contributed by atoms with Gasteiger partial charge < -0.3 is 10.6 Å². The monoisotopic (exact) mass is 571 g/mol. The molecule has 1 fully saturated rings. The Morgan fingerprint density at radius 3 is 2.17 bits per heavy atom. The average molecular weight is 573 g/mol. The Morgan fingerprint density at radius 1 is 0.914 bits per heavy atom. The molecule has 0 atom stereocenters. The first kappa shape index (κ1) is 25.9. The second-order valence-electron chi connectivity index (χ2n) is 7.87. The van der Waals surface area contributed by atoms with Crippen LogP contribution in [-0.2, 0) is 16.4 Å². The average Bonchev–Trinajstić information content (AvgIpc) is 3.20. The van der Waals surface area contributed by atoms with Crippen LogP contribution in [0, 0.1) is 0 Å². The summed E-state index contributed by atoms with van der Waals surface area (Å²) in [7, 11) is -3.80. The number of nitrogens with zero attached hydrogens (tertiary/aromatic N) is 2. The van der Waals surface area contributed by atoms with E-state index in [2.05, 4.69) is 0 Å². The number of primary amides is 1. The van der Waals surface area contributed by atoms with Crippen LogP contribution in [0.5, 0.6) is 0 Å². The van der Waals surface area contributed by atoms with Crippen molar-refractivity contribution in [2.24, 2.45) is 5.73 Å². The molecule has 0 radical (unpaired) electrons. The highest BCUT2D eigenvalue weighted by molar-refractivity contribution is 7.91. The number of amides is 2. The minimum Gasteiger partial charge on any atom is -0.366 e. The minimum absolute atomic E-state index is 0.123. The van der Waals surface area contributed by atoms with Crippen LogP contribution >= 0.6 is 46.1 Å². The summed E-state index contributed by atoms with van der Waals surface area (Å²) >= 11 is 19.7. The van der Waals surface area contributed by atoms with Gasteiger partial charge in [-0.05, 0) is 35.9 Å². The SMILES string of the molecule is NC(=O)c1cccc(Cc2sc(S(=O)(=O)N3CCN(C(=O)c4c(Cl)cccc4Cl)CC3)cc2Cl)c1. The summed E-state index contributed by atoms with van der Waals surface area (Å²) in [5, 5.41) is 0.833. The van der Waals surface area contributed by atoms with Crippen molar-refractivity contribution >= 4 is 68.0 Å². The lowest BCUT2D eigenvalue weighted by Gasteiger charge is -2.34. The number of carbonyl (C=O) groups is 2. The maximum absolute atomic E-state index is 13.3. The van der Waals surface area contributed by atoms with Crippen LogP contribution in [0.25, 0.3) is 0 Å². The van der Waals surface area contributed by atoms with Gasteiger partial charge in [0, 0.05) is 43.0 Å². The highest BCUT2D eigenvalue weighted by Gasteiger charge is 2.33. The van der Waals surface area contributed by atoms with E-state index in [1.807, 2.05) is 6.07 Å². The van der Waals surface area contributed by atoms with Crippen molar-refractivity contribution in [2.75, 3.05) is 26.2 Å². The van der Waals surface area contributed by atoms with Gasteiger partial charge in [0.2, 0.25) is 5.91 Å². The molecule has 0 unspecified atom stereocenters. The maximum atomic E-state index is 13.3. The summed E-state index contributed by atoms with van der Waals surface area (Å²) in [6.07, 6.45) is 0.362. The van der Waals surface area contributed by atoms with E-state index < -0.39 is 15.9 Å². The fourth-order valence-electron chi connectivity index (χ4n) is 3.77. The highest BCUT2D eigenvalue weighted by Crippen LogP contribution is 2.34. The van der Waals surface area contributed by atoms with Gasteiger partial charge in [0.1, 0.15) is 4.21 Å². The molecule has 7 nitrogen and oxygen atoms in total. The highest BCUT2D eigenvalue weighted by atomic mass is 35.5. The zero-order valence-electron chi connectivity index (χ0n) is 18.2. The van der Waals surface area contributed by atoms with Crippen LogP contribution < -0.4 is 5.73 Å². The van der Waals surface area contributed by atoms with E-state index >= 15 is 0 Å². The molecule has 3 aromatic rings. The molecule has 1 saturated heterocycles. The Kier molecular flexibility index (Phi) is 7.75. The lowest BCUT2D eigenvalue weighted by Crippen LogP contribution is -2.50. The van der Waals surface area contributed by atoms with Crippen molar-refractivity contribution < 1.29 is 18.0 Å². The predicted molar refractivity (Wildman–Crippen MR) is 138 cm³/mol. The second-order valence-corrected chi connectivity index (χ2v) is 12.4. The van der Waals surface area contributed by atoms with E-state index in [1.165, 1.54) is 15.3 Å². The molecular formula is C23H20Cl3N3O4S2. The summed E-state index contributed by atoms with van der Waals surface area (Å²) in [4.78, 5) is 26.5. The standard InChI is InChI=1S/C23H20Cl3N3O4S2/c24-16-5-2-6-17(25)21(16)23(31)28-7-9-29(10-8-28)35(32,33)20-13-18(26)19(34-20)12-14-3-1-4-15(11-14)22(27)30/h1-6,11,13H,7-10,12H2,(H2,27,30). The molecule has 0 bridgehead atoms. The molecule has 0 spiro atoms. The molecule has 1 aliphatic rings. The lowest BCUT2D eigenvalue weighted by atomic mass is 10.1. The van der Waals surface area contributed by atoms with Gasteiger partial charge in [-0.25, -0.2) is 8.42 Å². The molecule has 4 rings (SSSR count). The largest absolute Gasteiger partial charge is 0.366 e. The molecule has 2 N–H and O–H groups in total. The number of halogens is 3. The van der Waals surface area contributed by atoms with Gasteiger partial charge in [-0.2, -0.15) is 4.31 Å². The van der Waals surface area contributed by atoms with Crippen LogP contribution in [0.2, 0.25) is 15.1 Å². The van der Waals surface area contributed by atoms with Gasteiger partial charge >= 0.3 is 0 Å². The third-order valence-electron chi connectivity index (χ3n) is 5.61. The molecule has 1 aromatic heterocycles. The van der Waals surface area contributed by atoms with Gasteiger partial charge in [-0.15, -0.1) is 11.3 Å². The Hall–Kier alpha value is -2.14. The van der Waals surface area contributed by atoms with Gasteiger partial charge in [0.25, 0.3) is 15.9 Å². The normalized spacial score (nSPS) is 14.8. The molecule has 0 aliphatic carbocycles. The number of carbonyl (C=O) groups excluding carboxylic acids is 2. The fraction of sp³-hybridized carbons (Fsp3) is 0.217. The van der Waals surface area contributed by atoms with Gasteiger partial charge in [0.15, 0.2) is 0 Å². The van der Waals surface area contributed by atoms with E-state index in [0.29, 0.717) is 21.9 Å². The van der Waals surface area contributed by atoms with Crippen LogP contribution in [-0.4, -0.2) is 55.6 Å². The lowest BCUT2D eigenvalue weighted by molar-refractivity contribution is 0.0698. The van der Waals surface area contributed by atoms with Crippen LogP contribution in [0.3, 0.4) is 0 Å². The molecule has 1 aliphatic heterocycles. The summed E-state index contributed by atoms with van der Waals surface area (Å²) in [6.45, 7) is 0.653. The van der Waals surface area contributed by atoms with E-state index in [0.717, 1.165) is 16.9 Å². The first-order valence-corrected chi connectivity index (χ1v) is 13.9. The zero-order valence-corrected chi connectivity index (χ0v) is 22.1. The summed E-state index contributed by atoms with van der Waals surface area (Å²) in [5.41, 5.74) is 6.71. The van der Waals surface area contributed by atoms with Crippen molar-refractivity contribution in [3.8, 4) is 0 Å². The third-order valence-corrected chi connectivity index (χ3v) is 10.2. The maximum Gasteiger partial charge on any atom is 0.256 e. The van der Waals surface area contributed by atoms with Crippen LogP contribution in [0.1, 0.15) is 31.2 Å². The fourth-order valence-corrected chi connectivity index (χ4v) is 7.77. The van der Waals surface area contributed by atoms with Gasteiger partial charge in [0.05, 0.1) is 20.6 Å². The number of piperazine rings is 1. The number of sulfonamides is 1. The topological polar surface area (TPSA) is 101 Å². The molecule has 12 heteroatoms. The van der Waals surface area contributed by atoms with Crippen molar-refractivity contribution in [3.05, 3.63) is 85.2 Å². The number of thiophene rings is 1. The second kappa shape index (κ2) is 10.5. The Balaban J connectivity index is 1.47. The third kappa shape index (κ3) is 5.50. The molecule has 2 amide bonds. The Labute approximate surface area is 222 Å². The minimum atomic E-state index is -3.80. The molecule has 35 heavy (non-hydrogen) atoms. The first-order chi connectivity index (χ1) is 16.6. The molecule has 2 heterocycles. The van der Waals surface area contributed by atoms with E-state index in [4.69, 9.17) is 40.5 Å². The molecular weight excluding hydrogens is 553 g/mol. The van der Waals surface area contributed by atoms with Crippen molar-refractivity contribution in [3.63, 3.8) is 0 Å². The van der Waals surface area contributed by atoms with Crippen LogP contribution in [0.4, 0.5) is 0 Å². The quantitative estimate of drug-likeness (QED) is 0.468. The molecule has 2 aromatic carbocycles. The number of hydrogen-bond acceptors (Lipinski definition) is 5. The number of hydrogen-bond donors (Lipinski definition) is 1. The summed E-state index contributed by atoms with van der Waals surface area (Å²) in [5.74, 6) is -0.876. The Bertz CT molecular complexity index is 1380. The van der Waals surface area contributed by atoms with E-state index in [1.54, 1.807) is 36.4 Å². The van der Waals surface area contributed by atoms with Crippen molar-refractivity contribution in [1.82, 2.24) is 9.21 Å². The number of benzene rings is 2. The Morgan fingerprint density at radius 2 is 1.54 bits per heavy atom. The predicted octanol–water partition coefficient (Wildman–Crippen LogP) is 4.54. The van der Waals surface area contributed by atoms with Crippen molar-refractivity contribution in [2.45, 2.75) is 10.6 Å². The molecule has 184 valence electrons. The van der Waals surface area contributed by atoms with Crippen LogP contribution in [0.15, 0.2) is 52.7 Å².